The first kappa shape index (κ1) is 30.1. The summed E-state index contributed by atoms with van der Waals surface area (Å²) in [5.41, 5.74) is 2.78. The van der Waals surface area contributed by atoms with E-state index in [0.717, 1.165) is 24.2 Å². The van der Waals surface area contributed by atoms with Crippen molar-refractivity contribution < 1.29 is 33.6 Å². The number of benzene rings is 2. The maximum atomic E-state index is 13.6. The largest absolute Gasteiger partial charge is 0.493 e. The van der Waals surface area contributed by atoms with Crippen LogP contribution in [0.3, 0.4) is 0 Å². The number of hydrogen-bond donors (Lipinski definition) is 3. The lowest BCUT2D eigenvalue weighted by molar-refractivity contribution is -0.160. The first-order valence-electron chi connectivity index (χ1n) is 14.0. The normalized spacial score (nSPS) is 18.9. The molecule has 0 aromatic heterocycles. The molecule has 10 nitrogen and oxygen atoms in total. The van der Waals surface area contributed by atoms with Crippen molar-refractivity contribution in [1.29, 1.82) is 0 Å². The van der Waals surface area contributed by atoms with Gasteiger partial charge in [-0.3, -0.25) is 10.1 Å². The van der Waals surface area contributed by atoms with Crippen molar-refractivity contribution in [2.45, 2.75) is 51.8 Å². The summed E-state index contributed by atoms with van der Waals surface area (Å²) >= 11 is 0. The average molecular weight is 558 g/mol. The van der Waals surface area contributed by atoms with Crippen LogP contribution in [0.2, 0.25) is 0 Å². The fourth-order valence-corrected chi connectivity index (χ4v) is 5.07. The summed E-state index contributed by atoms with van der Waals surface area (Å²) in [6.45, 7) is 8.02. The fraction of sp³-hybridized carbons (Fsp3) is 0.567. The highest BCUT2D eigenvalue weighted by Gasteiger charge is 2.33. The number of amides is 1. The van der Waals surface area contributed by atoms with Crippen LogP contribution in [0.4, 0.5) is 0 Å². The van der Waals surface area contributed by atoms with Gasteiger partial charge in [-0.2, -0.15) is 0 Å². The molecule has 1 fully saturated rings. The van der Waals surface area contributed by atoms with Crippen molar-refractivity contribution in [1.82, 2.24) is 15.5 Å². The highest BCUT2D eigenvalue weighted by atomic mass is 16.6. The summed E-state index contributed by atoms with van der Waals surface area (Å²) in [7, 11) is 3.23. The molecule has 220 valence electrons. The Kier molecular flexibility index (Phi) is 11.0. The molecule has 3 atom stereocenters. The van der Waals surface area contributed by atoms with Gasteiger partial charge in [0.05, 0.1) is 26.4 Å². The molecule has 3 unspecified atom stereocenters. The minimum absolute atomic E-state index is 0.0166. The molecular formula is C30H43N3O7. The number of nitrogens with zero attached hydrogens (tertiary/aromatic N) is 1. The van der Waals surface area contributed by atoms with Crippen molar-refractivity contribution >= 4 is 5.91 Å². The summed E-state index contributed by atoms with van der Waals surface area (Å²) in [4.78, 5) is 15.5. The van der Waals surface area contributed by atoms with E-state index < -0.39 is 6.41 Å². The van der Waals surface area contributed by atoms with Crippen LogP contribution in [0.25, 0.3) is 0 Å². The van der Waals surface area contributed by atoms with Crippen molar-refractivity contribution in [2.24, 2.45) is 5.92 Å². The molecule has 10 heteroatoms. The van der Waals surface area contributed by atoms with E-state index in [1.807, 2.05) is 30.9 Å². The Morgan fingerprint density at radius 1 is 1.15 bits per heavy atom. The van der Waals surface area contributed by atoms with Gasteiger partial charge in [-0.1, -0.05) is 12.1 Å². The minimum Gasteiger partial charge on any atom is -0.493 e. The van der Waals surface area contributed by atoms with Gasteiger partial charge < -0.3 is 39.0 Å². The van der Waals surface area contributed by atoms with Gasteiger partial charge in [0.2, 0.25) is 6.41 Å². The molecule has 0 aliphatic carbocycles. The standard InChI is InChI=1S/C30H43N3O7/c1-20(2)33(29(34)23-7-9-26(37-4)27(15-23)38-12-5-11-36-3)19-24-17-31-18-28(24)40-30(35)32-16-21-6-8-25-22(14-21)10-13-39-25/h6-9,14-15,20,24,28,30-32,35H,5,10-13,16-19H2,1-4H3. The smallest absolute Gasteiger partial charge is 0.254 e. The second-order valence-electron chi connectivity index (χ2n) is 10.5. The Morgan fingerprint density at radius 3 is 2.77 bits per heavy atom. The molecule has 0 spiro atoms. The molecule has 0 radical (unpaired) electrons. The lowest BCUT2D eigenvalue weighted by Gasteiger charge is -2.32. The molecule has 2 aliphatic rings. The van der Waals surface area contributed by atoms with Crippen molar-refractivity contribution in [2.75, 3.05) is 53.7 Å². The van der Waals surface area contributed by atoms with Gasteiger partial charge in [-0.25, -0.2) is 0 Å². The maximum absolute atomic E-state index is 13.6. The maximum Gasteiger partial charge on any atom is 0.254 e. The molecule has 4 rings (SSSR count). The van der Waals surface area contributed by atoms with E-state index in [1.165, 1.54) is 5.56 Å². The minimum atomic E-state index is -1.13. The van der Waals surface area contributed by atoms with Gasteiger partial charge >= 0.3 is 0 Å². The third kappa shape index (κ3) is 7.86. The monoisotopic (exact) mass is 557 g/mol. The highest BCUT2D eigenvalue weighted by Crippen LogP contribution is 2.30. The van der Waals surface area contributed by atoms with Crippen molar-refractivity contribution in [3.8, 4) is 17.2 Å². The number of carbonyl (C=O) groups is 1. The molecule has 3 N–H and O–H groups in total. The van der Waals surface area contributed by atoms with Crippen LogP contribution in [0.1, 0.15) is 41.8 Å². The van der Waals surface area contributed by atoms with E-state index in [9.17, 15) is 9.90 Å². The third-order valence-corrected chi connectivity index (χ3v) is 7.29. The zero-order chi connectivity index (χ0) is 28.5. The Hall–Kier alpha value is -2.89. The Morgan fingerprint density at radius 2 is 2.00 bits per heavy atom. The van der Waals surface area contributed by atoms with Crippen molar-refractivity contribution in [3.63, 3.8) is 0 Å². The summed E-state index contributed by atoms with van der Waals surface area (Å²) in [6, 6.07) is 11.3. The second kappa shape index (κ2) is 14.7. The summed E-state index contributed by atoms with van der Waals surface area (Å²) in [5.74, 6) is 1.97. The number of nitrogens with one attached hydrogen (secondary N) is 2. The summed E-state index contributed by atoms with van der Waals surface area (Å²) in [6.07, 6.45) is 0.261. The van der Waals surface area contributed by atoms with E-state index >= 15 is 0 Å². The average Bonchev–Trinajstić information content (AvgIpc) is 3.61. The van der Waals surface area contributed by atoms with Crippen LogP contribution in [0.5, 0.6) is 17.2 Å². The predicted octanol–water partition coefficient (Wildman–Crippen LogP) is 2.57. The van der Waals surface area contributed by atoms with Crippen LogP contribution in [0, 0.1) is 5.92 Å². The first-order valence-corrected chi connectivity index (χ1v) is 14.0. The lowest BCUT2D eigenvalue weighted by atomic mass is 10.0. The topological polar surface area (TPSA) is 111 Å². The van der Waals surface area contributed by atoms with Gasteiger partial charge in [0.15, 0.2) is 11.5 Å². The van der Waals surface area contributed by atoms with Crippen LogP contribution < -0.4 is 24.8 Å². The van der Waals surface area contributed by atoms with Crippen LogP contribution >= 0.6 is 0 Å². The second-order valence-corrected chi connectivity index (χ2v) is 10.5. The highest BCUT2D eigenvalue weighted by molar-refractivity contribution is 5.95. The zero-order valence-electron chi connectivity index (χ0n) is 24.0. The third-order valence-electron chi connectivity index (χ3n) is 7.29. The van der Waals surface area contributed by atoms with E-state index in [0.29, 0.717) is 63.1 Å². The predicted molar refractivity (Wildman–Crippen MR) is 151 cm³/mol. The Labute approximate surface area is 236 Å². The SMILES string of the molecule is COCCCOc1cc(C(=O)N(CC2CNCC2OC(O)NCc2ccc3c(c2)CCO3)C(C)C)ccc1OC. The van der Waals surface area contributed by atoms with Gasteiger partial charge in [0, 0.05) is 70.3 Å². The molecular weight excluding hydrogens is 514 g/mol. The molecule has 2 aromatic carbocycles. The van der Waals surface area contributed by atoms with Gasteiger partial charge in [0.1, 0.15) is 5.75 Å². The van der Waals surface area contributed by atoms with E-state index in [1.54, 1.807) is 32.4 Å². The summed E-state index contributed by atoms with van der Waals surface area (Å²) in [5, 5.41) is 17.0. The number of aliphatic hydroxyl groups excluding tert-OH is 1. The van der Waals surface area contributed by atoms with Gasteiger partial charge in [0.25, 0.3) is 5.91 Å². The van der Waals surface area contributed by atoms with E-state index in [-0.39, 0.29) is 24.0 Å². The molecule has 2 aromatic rings. The van der Waals surface area contributed by atoms with Crippen LogP contribution in [-0.4, -0.2) is 88.1 Å². The van der Waals surface area contributed by atoms with Crippen LogP contribution in [0.15, 0.2) is 36.4 Å². The van der Waals surface area contributed by atoms with Crippen molar-refractivity contribution in [3.05, 3.63) is 53.1 Å². The zero-order valence-corrected chi connectivity index (χ0v) is 24.0. The molecule has 40 heavy (non-hydrogen) atoms. The molecule has 0 saturated carbocycles. The quantitative estimate of drug-likeness (QED) is 0.225. The van der Waals surface area contributed by atoms with E-state index in [2.05, 4.69) is 16.7 Å². The number of methoxy groups -OCH3 is 2. The number of rotatable bonds is 15. The van der Waals surface area contributed by atoms with E-state index in [4.69, 9.17) is 23.7 Å². The number of fused-ring (bicyclic) bond motifs is 1. The molecule has 1 amide bonds. The number of ether oxygens (including phenoxy) is 5. The Balaban J connectivity index is 1.35. The van der Waals surface area contributed by atoms with Gasteiger partial charge in [-0.15, -0.1) is 0 Å². The molecule has 0 bridgehead atoms. The number of carbonyl (C=O) groups excluding carboxylic acids is 1. The lowest BCUT2D eigenvalue weighted by Crippen LogP contribution is -2.45. The molecule has 2 aliphatic heterocycles. The summed E-state index contributed by atoms with van der Waals surface area (Å²) < 4.78 is 28.0. The fourth-order valence-electron chi connectivity index (χ4n) is 5.07. The molecule has 2 heterocycles. The number of aliphatic hydroxyl groups is 1. The number of hydrogen-bond acceptors (Lipinski definition) is 9. The Bertz CT molecular complexity index is 1110. The first-order chi connectivity index (χ1) is 19.4. The van der Waals surface area contributed by atoms with Crippen LogP contribution in [-0.2, 0) is 22.4 Å². The van der Waals surface area contributed by atoms with Gasteiger partial charge in [-0.05, 0) is 49.2 Å². The molecule has 1 saturated heterocycles.